The monoisotopic (exact) mass is 1290 g/mol. The van der Waals surface area contributed by atoms with Crippen LogP contribution in [0.3, 0.4) is 0 Å². The lowest BCUT2D eigenvalue weighted by molar-refractivity contribution is -0.117. The van der Waals surface area contributed by atoms with E-state index < -0.39 is 0 Å². The fourth-order valence-electron chi connectivity index (χ4n) is 11.9. The topological polar surface area (TPSA) is 179 Å². The molecule has 4 amide bonds. The Kier molecular flexibility index (Phi) is 16.3. The molecule has 2 N–H and O–H groups in total. The molecule has 92 heavy (non-hydrogen) atoms. The molecule has 3 saturated heterocycles. The van der Waals surface area contributed by atoms with Crippen molar-refractivity contribution in [3.8, 4) is 45.1 Å². The van der Waals surface area contributed by atoms with Gasteiger partial charge in [0.15, 0.2) is 0 Å². The minimum absolute atomic E-state index is 0.0397. The number of nitrogens with one attached hydrogen (secondary N) is 2. The van der Waals surface area contributed by atoms with Crippen molar-refractivity contribution in [2.45, 2.75) is 64.6 Å². The standard InChI is InChI=1S/C33H25FN4O3.C20H16BrFN2O3.C19H21BN2O2/c1-35-33(40)31-25-17-24(21-11-14-26-28(16-21)38(19-36-26)23-6-3-2-4-7-23)27(37-15-5-8-30(37)39)18-29(25)41-32(31)20-9-12-22(34)13-10-20;1-23-20(26)18-13-9-14(21)15(24-8-2-3-17(24)25)10-16(13)27-19(18)11-4-6-12(22)7-5-11;1-18(2)19(3,4)24-20(23-18)14-10-11-16-17(12-14)22(13-21-16)15-8-6-5-7-9-15/h2-4,6-7,9-14,16-19H,5,8,15H2,1H3,(H,35,40);4-7,9-10H,2-3,8H2,1H3,(H,23,26);5-13H,1-4H3. The van der Waals surface area contributed by atoms with Crippen LogP contribution in [0.1, 0.15) is 74.1 Å². The third-order valence-corrected chi connectivity index (χ3v) is 18.1. The first-order valence-corrected chi connectivity index (χ1v) is 31.0. The summed E-state index contributed by atoms with van der Waals surface area (Å²) in [6.07, 6.45) is 6.22. The number of amides is 4. The summed E-state index contributed by atoms with van der Waals surface area (Å²) in [5.41, 5.74) is 12.1. The maximum atomic E-state index is 13.7. The number of aromatic nitrogens is 4. The van der Waals surface area contributed by atoms with E-state index in [4.69, 9.17) is 18.1 Å². The lowest BCUT2D eigenvalue weighted by Crippen LogP contribution is -2.41. The van der Waals surface area contributed by atoms with E-state index >= 15 is 0 Å². The maximum Gasteiger partial charge on any atom is 0.494 e. The number of para-hydroxylation sites is 2. The van der Waals surface area contributed by atoms with Crippen molar-refractivity contribution in [1.29, 1.82) is 0 Å². The second-order valence-corrected chi connectivity index (χ2v) is 24.5. The molecule has 12 aromatic rings. The van der Waals surface area contributed by atoms with E-state index in [0.29, 0.717) is 97.5 Å². The van der Waals surface area contributed by atoms with Gasteiger partial charge in [-0.1, -0.05) is 48.5 Å². The summed E-state index contributed by atoms with van der Waals surface area (Å²) in [7, 11) is 2.74. The van der Waals surface area contributed by atoms with Crippen molar-refractivity contribution in [2.24, 2.45) is 0 Å². The molecule has 0 aliphatic carbocycles. The Labute approximate surface area is 537 Å². The van der Waals surface area contributed by atoms with Gasteiger partial charge in [0, 0.05) is 95.5 Å². The Morgan fingerprint density at radius 1 is 0.543 bits per heavy atom. The minimum Gasteiger partial charge on any atom is -0.455 e. The molecular formula is C72H62BBrF2N8O8. The Morgan fingerprint density at radius 3 is 1.47 bits per heavy atom. The summed E-state index contributed by atoms with van der Waals surface area (Å²) in [5.74, 6) is -0.567. The molecule has 16 nitrogen and oxygen atoms in total. The molecule has 0 saturated carbocycles. The van der Waals surface area contributed by atoms with Crippen LogP contribution in [0, 0.1) is 11.6 Å². The molecule has 462 valence electrons. The molecule has 15 rings (SSSR count). The van der Waals surface area contributed by atoms with Gasteiger partial charge in [0.2, 0.25) is 11.8 Å². The van der Waals surface area contributed by atoms with E-state index in [1.165, 1.54) is 24.3 Å². The lowest BCUT2D eigenvalue weighted by atomic mass is 9.79. The third-order valence-electron chi connectivity index (χ3n) is 17.4. The number of furan rings is 2. The number of imidazole rings is 2. The highest BCUT2D eigenvalue weighted by Crippen LogP contribution is 2.44. The minimum atomic E-state index is -0.381. The summed E-state index contributed by atoms with van der Waals surface area (Å²) in [4.78, 5) is 63.4. The van der Waals surface area contributed by atoms with Gasteiger partial charge in [-0.3, -0.25) is 28.3 Å². The van der Waals surface area contributed by atoms with Crippen LogP contribution < -0.4 is 25.9 Å². The molecule has 0 bridgehead atoms. The highest BCUT2D eigenvalue weighted by Gasteiger charge is 2.52. The van der Waals surface area contributed by atoms with Crippen LogP contribution in [-0.2, 0) is 18.9 Å². The molecule has 3 aliphatic rings. The van der Waals surface area contributed by atoms with E-state index in [9.17, 15) is 28.0 Å². The first-order chi connectivity index (χ1) is 44.4. The zero-order valence-corrected chi connectivity index (χ0v) is 52.8. The first-order valence-electron chi connectivity index (χ1n) is 30.2. The van der Waals surface area contributed by atoms with Crippen LogP contribution in [0.4, 0.5) is 20.2 Å². The normalized spacial score (nSPS) is 15.1. The van der Waals surface area contributed by atoms with Crippen LogP contribution in [0.5, 0.6) is 0 Å². The second-order valence-electron chi connectivity index (χ2n) is 23.7. The van der Waals surface area contributed by atoms with E-state index in [0.717, 1.165) is 62.9 Å². The second kappa shape index (κ2) is 24.6. The number of fused-ring (bicyclic) bond motifs is 4. The average Bonchev–Trinajstić information content (AvgIpc) is 1.59. The van der Waals surface area contributed by atoms with E-state index in [-0.39, 0.29) is 53.6 Å². The number of carbonyl (C=O) groups is 4. The zero-order chi connectivity index (χ0) is 64.2. The van der Waals surface area contributed by atoms with Gasteiger partial charge < -0.3 is 38.6 Å². The third kappa shape index (κ3) is 11.4. The van der Waals surface area contributed by atoms with Gasteiger partial charge in [0.25, 0.3) is 11.8 Å². The van der Waals surface area contributed by atoms with Gasteiger partial charge in [-0.05, 0) is 177 Å². The van der Waals surface area contributed by atoms with Crippen molar-refractivity contribution < 1.29 is 46.1 Å². The first kappa shape index (κ1) is 60.9. The van der Waals surface area contributed by atoms with Crippen LogP contribution >= 0.6 is 15.9 Å². The molecule has 20 heteroatoms. The molecule has 3 aliphatic heterocycles. The van der Waals surface area contributed by atoms with Gasteiger partial charge in [-0.25, -0.2) is 18.7 Å². The predicted octanol–water partition coefficient (Wildman–Crippen LogP) is 14.5. The van der Waals surface area contributed by atoms with Crippen molar-refractivity contribution >= 4 is 108 Å². The SMILES string of the molecule is CC1(C)OB(c2ccc3ncn(-c4ccccc4)c3c2)OC1(C)C.CNC(=O)c1c(-c2ccc(F)cc2)oc2cc(N3CCCC3=O)c(-c3ccc4ncn(-c5ccccc5)c4c3)cc12.CNC(=O)c1c(-c2ccc(F)cc2)oc2cc(N3CCCC3=O)c(Br)cc12. The van der Waals surface area contributed by atoms with Crippen molar-refractivity contribution in [3.63, 3.8) is 0 Å². The fraction of sp³-hybridized carbons (Fsp3) is 0.194. The summed E-state index contributed by atoms with van der Waals surface area (Å²) in [5, 5.41) is 6.56. The van der Waals surface area contributed by atoms with Gasteiger partial charge in [-0.15, -0.1) is 0 Å². The fourth-order valence-corrected chi connectivity index (χ4v) is 12.5. The van der Waals surface area contributed by atoms with Crippen molar-refractivity contribution in [2.75, 3.05) is 37.0 Å². The summed E-state index contributed by atoms with van der Waals surface area (Å²) in [6.45, 7) is 9.52. The molecular weight excluding hydrogens is 1230 g/mol. The number of benzene rings is 8. The van der Waals surface area contributed by atoms with E-state index in [1.807, 2.05) is 95.8 Å². The highest BCUT2D eigenvalue weighted by atomic mass is 79.9. The average molecular weight is 1300 g/mol. The molecule has 0 radical (unpaired) electrons. The van der Waals surface area contributed by atoms with Crippen LogP contribution in [-0.4, -0.2) is 88.2 Å². The predicted molar refractivity (Wildman–Crippen MR) is 358 cm³/mol. The lowest BCUT2D eigenvalue weighted by Gasteiger charge is -2.32. The van der Waals surface area contributed by atoms with Crippen molar-refractivity contribution in [3.05, 3.63) is 210 Å². The molecule has 4 aromatic heterocycles. The number of rotatable bonds is 10. The van der Waals surface area contributed by atoms with Crippen LogP contribution in [0.15, 0.2) is 196 Å². The number of nitrogens with zero attached hydrogens (tertiary/aromatic N) is 6. The van der Waals surface area contributed by atoms with E-state index in [2.05, 4.69) is 93.1 Å². The van der Waals surface area contributed by atoms with Gasteiger partial charge in [0.05, 0.1) is 55.8 Å². The van der Waals surface area contributed by atoms with Gasteiger partial charge >= 0.3 is 7.12 Å². The molecule has 8 aromatic carbocycles. The summed E-state index contributed by atoms with van der Waals surface area (Å²) < 4.78 is 56.4. The number of hydrogen-bond acceptors (Lipinski definition) is 10. The molecule has 0 spiro atoms. The molecule has 0 unspecified atom stereocenters. The Balaban J connectivity index is 0.000000132. The summed E-state index contributed by atoms with van der Waals surface area (Å²) in [6, 6.07) is 51.3. The van der Waals surface area contributed by atoms with Gasteiger partial charge in [-0.2, -0.15) is 0 Å². The molecule has 0 atom stereocenters. The molecule has 7 heterocycles. The zero-order valence-electron chi connectivity index (χ0n) is 51.2. The number of carbonyl (C=O) groups excluding carboxylic acids is 4. The van der Waals surface area contributed by atoms with E-state index in [1.54, 1.807) is 66.6 Å². The van der Waals surface area contributed by atoms with Crippen LogP contribution in [0.2, 0.25) is 0 Å². The van der Waals surface area contributed by atoms with Gasteiger partial charge in [0.1, 0.15) is 47.0 Å². The molecule has 3 fully saturated rings. The Hall–Kier alpha value is -10.0. The smallest absolute Gasteiger partial charge is 0.455 e. The number of halogens is 3. The number of hydrogen-bond donors (Lipinski definition) is 2. The Morgan fingerprint density at radius 2 is 0.989 bits per heavy atom. The summed E-state index contributed by atoms with van der Waals surface area (Å²) >= 11 is 3.52. The maximum absolute atomic E-state index is 13.7. The largest absolute Gasteiger partial charge is 0.494 e. The Bertz CT molecular complexity index is 4820. The quantitative estimate of drug-likeness (QED) is 0.125. The van der Waals surface area contributed by atoms with Crippen LogP contribution in [0.25, 0.3) is 89.2 Å². The van der Waals surface area contributed by atoms with Crippen molar-refractivity contribution in [1.82, 2.24) is 29.7 Å². The highest BCUT2D eigenvalue weighted by molar-refractivity contribution is 9.10. The number of anilines is 2.